The zero-order valence-electron chi connectivity index (χ0n) is 18.9. The summed E-state index contributed by atoms with van der Waals surface area (Å²) in [5, 5.41) is 20.1. The number of piperidine rings is 1. The van der Waals surface area contributed by atoms with Crippen LogP contribution in [-0.4, -0.2) is 56.7 Å². The topological polar surface area (TPSA) is 112 Å². The van der Waals surface area contributed by atoms with Gasteiger partial charge in [-0.2, -0.15) is 10.4 Å². The number of nitriles is 1. The van der Waals surface area contributed by atoms with Crippen LogP contribution in [0.1, 0.15) is 34.8 Å². The molecule has 0 saturated carbocycles. The van der Waals surface area contributed by atoms with Gasteiger partial charge in [-0.3, -0.25) is 9.48 Å². The molecular formula is C24H27ClN8O. The number of halogens is 1. The van der Waals surface area contributed by atoms with Crippen LogP contribution in [0.4, 0.5) is 11.6 Å². The number of amides is 1. The van der Waals surface area contributed by atoms with Crippen molar-refractivity contribution in [3.05, 3.63) is 54.0 Å². The van der Waals surface area contributed by atoms with E-state index in [-0.39, 0.29) is 24.2 Å². The van der Waals surface area contributed by atoms with Crippen LogP contribution in [-0.2, 0) is 0 Å². The zero-order chi connectivity index (χ0) is 22.8. The molecule has 2 aliphatic heterocycles. The Labute approximate surface area is 204 Å². The second kappa shape index (κ2) is 10.2. The number of carbonyl (C=O) groups is 1. The molecule has 2 saturated heterocycles. The summed E-state index contributed by atoms with van der Waals surface area (Å²) in [6.07, 6.45) is 7.75. The summed E-state index contributed by atoms with van der Waals surface area (Å²) in [6.45, 7) is 5.01. The molecule has 2 aliphatic rings. The van der Waals surface area contributed by atoms with Gasteiger partial charge in [0.1, 0.15) is 0 Å². The number of likely N-dealkylation sites (tertiary alicyclic amines) is 1. The van der Waals surface area contributed by atoms with Crippen LogP contribution in [0.3, 0.4) is 0 Å². The van der Waals surface area contributed by atoms with Crippen LogP contribution in [0.2, 0.25) is 0 Å². The molecule has 0 bridgehead atoms. The van der Waals surface area contributed by atoms with Gasteiger partial charge in [-0.05, 0) is 50.6 Å². The van der Waals surface area contributed by atoms with Gasteiger partial charge >= 0.3 is 0 Å². The van der Waals surface area contributed by atoms with Gasteiger partial charge in [-0.1, -0.05) is 12.1 Å². The molecule has 1 amide bonds. The molecule has 2 N–H and O–H groups in total. The maximum Gasteiger partial charge on any atom is 0.253 e. The maximum absolute atomic E-state index is 12.5. The molecule has 4 heterocycles. The second-order valence-electron chi connectivity index (χ2n) is 8.65. The van der Waals surface area contributed by atoms with Crippen LogP contribution in [0.15, 0.2) is 42.9 Å². The maximum atomic E-state index is 12.5. The summed E-state index contributed by atoms with van der Waals surface area (Å²) in [5.74, 6) is 0.416. The molecule has 0 spiro atoms. The summed E-state index contributed by atoms with van der Waals surface area (Å²) >= 11 is 0. The van der Waals surface area contributed by atoms with E-state index in [1.165, 1.54) is 0 Å². The first-order chi connectivity index (χ1) is 16.1. The van der Waals surface area contributed by atoms with Crippen molar-refractivity contribution in [1.82, 2.24) is 30.0 Å². The number of hydrogen-bond acceptors (Lipinski definition) is 7. The largest absolute Gasteiger partial charge is 0.336 e. The zero-order valence-corrected chi connectivity index (χ0v) is 19.8. The fourth-order valence-electron chi connectivity index (χ4n) is 4.28. The molecule has 2 fully saturated rings. The van der Waals surface area contributed by atoms with Gasteiger partial charge in [0.2, 0.25) is 5.95 Å². The first-order valence-electron chi connectivity index (χ1n) is 11.3. The summed E-state index contributed by atoms with van der Waals surface area (Å²) in [4.78, 5) is 23.4. The average Bonchev–Trinajstić information content (AvgIpc) is 3.29. The molecular weight excluding hydrogens is 452 g/mol. The summed E-state index contributed by atoms with van der Waals surface area (Å²) in [5.41, 5.74) is 4.15. The molecule has 176 valence electrons. The van der Waals surface area contributed by atoms with Crippen molar-refractivity contribution in [2.24, 2.45) is 5.92 Å². The van der Waals surface area contributed by atoms with Crippen LogP contribution in [0.5, 0.6) is 0 Å². The molecule has 5 rings (SSSR count). The number of nitrogens with one attached hydrogen (secondary N) is 2. The fourth-order valence-corrected chi connectivity index (χ4v) is 4.28. The van der Waals surface area contributed by atoms with Crippen molar-refractivity contribution in [2.75, 3.05) is 31.5 Å². The van der Waals surface area contributed by atoms with Gasteiger partial charge < -0.3 is 15.5 Å². The van der Waals surface area contributed by atoms with E-state index in [9.17, 15) is 4.79 Å². The normalized spacial score (nSPS) is 16.3. The van der Waals surface area contributed by atoms with Crippen molar-refractivity contribution in [1.29, 1.82) is 5.26 Å². The number of aryl methyl sites for hydroxylation is 1. The Morgan fingerprint density at radius 2 is 1.91 bits per heavy atom. The first kappa shape index (κ1) is 23.7. The molecule has 0 atom stereocenters. The van der Waals surface area contributed by atoms with Crippen LogP contribution < -0.4 is 10.6 Å². The van der Waals surface area contributed by atoms with Gasteiger partial charge in [0.25, 0.3) is 5.91 Å². The fraction of sp³-hybridized carbons (Fsp3) is 0.375. The van der Waals surface area contributed by atoms with Crippen molar-refractivity contribution < 1.29 is 4.79 Å². The quantitative estimate of drug-likeness (QED) is 0.578. The number of rotatable bonds is 5. The smallest absolute Gasteiger partial charge is 0.253 e. The van der Waals surface area contributed by atoms with Crippen molar-refractivity contribution in [2.45, 2.75) is 25.8 Å². The highest BCUT2D eigenvalue weighted by Gasteiger charge is 2.31. The van der Waals surface area contributed by atoms with Crippen molar-refractivity contribution in [3.8, 4) is 17.3 Å². The first-order valence-corrected chi connectivity index (χ1v) is 11.3. The number of carbonyl (C=O) groups excluding carboxylic acids is 1. The van der Waals surface area contributed by atoms with Gasteiger partial charge in [0, 0.05) is 36.6 Å². The standard InChI is InChI=1S/C24H26N8O.ClH/c1-16-11-27-24(29-20-12-28-32(15-20)21-6-8-26-9-7-21)30-22(16)18-2-4-19(5-3-18)23(33)31-13-17(10-25)14-31;/h2-5,11-12,15,17,21,26H,6-9,13-14H2,1H3,(H,27,29,30);1H. The van der Waals surface area contributed by atoms with Gasteiger partial charge in [-0.15, -0.1) is 12.4 Å². The third-order valence-corrected chi connectivity index (χ3v) is 6.27. The van der Waals surface area contributed by atoms with Gasteiger partial charge in [0.05, 0.1) is 35.6 Å². The third kappa shape index (κ3) is 4.88. The van der Waals surface area contributed by atoms with E-state index >= 15 is 0 Å². The van der Waals surface area contributed by atoms with Crippen molar-refractivity contribution >= 4 is 29.9 Å². The lowest BCUT2D eigenvalue weighted by Crippen LogP contribution is -2.49. The van der Waals surface area contributed by atoms with E-state index in [0.29, 0.717) is 30.6 Å². The second-order valence-corrected chi connectivity index (χ2v) is 8.65. The third-order valence-electron chi connectivity index (χ3n) is 6.27. The lowest BCUT2D eigenvalue weighted by molar-refractivity contribution is 0.0577. The van der Waals surface area contributed by atoms with E-state index in [4.69, 9.17) is 10.2 Å². The molecule has 9 nitrogen and oxygen atoms in total. The predicted molar refractivity (Wildman–Crippen MR) is 131 cm³/mol. The number of hydrogen-bond donors (Lipinski definition) is 2. The number of aromatic nitrogens is 4. The van der Waals surface area contributed by atoms with E-state index in [1.54, 1.807) is 17.3 Å². The van der Waals surface area contributed by atoms with E-state index < -0.39 is 0 Å². The SMILES string of the molecule is Cc1cnc(Nc2cnn(C3CCNCC3)c2)nc1-c1ccc(C(=O)N2CC(C#N)C2)cc1.Cl. The summed E-state index contributed by atoms with van der Waals surface area (Å²) in [6, 6.07) is 10.1. The minimum Gasteiger partial charge on any atom is -0.336 e. The van der Waals surface area contributed by atoms with Crippen LogP contribution in [0, 0.1) is 24.2 Å². The summed E-state index contributed by atoms with van der Waals surface area (Å²) < 4.78 is 2.02. The Morgan fingerprint density at radius 3 is 2.62 bits per heavy atom. The Kier molecular flexibility index (Phi) is 7.10. The van der Waals surface area contributed by atoms with Crippen LogP contribution >= 0.6 is 12.4 Å². The Balaban J connectivity index is 0.00000274. The Morgan fingerprint density at radius 1 is 1.18 bits per heavy atom. The van der Waals surface area contributed by atoms with E-state index in [1.807, 2.05) is 42.1 Å². The molecule has 10 heteroatoms. The highest BCUT2D eigenvalue weighted by atomic mass is 35.5. The molecule has 0 unspecified atom stereocenters. The minimum atomic E-state index is -0.0467. The highest BCUT2D eigenvalue weighted by Crippen LogP contribution is 2.26. The molecule has 0 radical (unpaired) electrons. The lowest BCUT2D eigenvalue weighted by Gasteiger charge is -2.35. The molecule has 0 aliphatic carbocycles. The predicted octanol–water partition coefficient (Wildman–Crippen LogP) is 3.33. The molecule has 34 heavy (non-hydrogen) atoms. The Bertz CT molecular complexity index is 1190. The van der Waals surface area contributed by atoms with Crippen molar-refractivity contribution in [3.63, 3.8) is 0 Å². The molecule has 1 aromatic carbocycles. The summed E-state index contributed by atoms with van der Waals surface area (Å²) in [7, 11) is 0. The van der Waals surface area contributed by atoms with Gasteiger partial charge in [-0.25, -0.2) is 9.97 Å². The molecule has 2 aromatic heterocycles. The highest BCUT2D eigenvalue weighted by molar-refractivity contribution is 5.95. The number of benzene rings is 1. The Hall–Kier alpha value is -3.48. The number of nitrogens with zero attached hydrogens (tertiary/aromatic N) is 6. The number of anilines is 2. The van der Waals surface area contributed by atoms with E-state index in [0.717, 1.165) is 48.4 Å². The molecule has 3 aromatic rings. The van der Waals surface area contributed by atoms with Gasteiger partial charge in [0.15, 0.2) is 0 Å². The van der Waals surface area contributed by atoms with Crippen LogP contribution in [0.25, 0.3) is 11.3 Å². The monoisotopic (exact) mass is 478 g/mol. The van der Waals surface area contributed by atoms with E-state index in [2.05, 4.69) is 26.8 Å². The minimum absolute atomic E-state index is 0. The average molecular weight is 479 g/mol. The lowest BCUT2D eigenvalue weighted by atomic mass is 10.00.